The molecule has 2 amide bonds. The van der Waals surface area contributed by atoms with Crippen molar-refractivity contribution in [3.8, 4) is 11.8 Å². The van der Waals surface area contributed by atoms with Crippen molar-refractivity contribution in [2.45, 2.75) is 32.0 Å². The van der Waals surface area contributed by atoms with E-state index in [4.69, 9.17) is 10.5 Å². The number of primary amides is 1. The summed E-state index contributed by atoms with van der Waals surface area (Å²) in [6, 6.07) is -0.688. The smallest absolute Gasteiger partial charge is 0.255 e. The lowest BCUT2D eigenvalue weighted by Gasteiger charge is -2.22. The normalized spacial score (nSPS) is 16.9. The van der Waals surface area contributed by atoms with Crippen molar-refractivity contribution in [1.82, 2.24) is 24.2 Å². The largest absolute Gasteiger partial charge is 0.383 e. The second kappa shape index (κ2) is 10.6. The zero-order chi connectivity index (χ0) is 27.7. The molecule has 0 radical (unpaired) electrons. The van der Waals surface area contributed by atoms with Gasteiger partial charge in [-0.15, -0.1) is 0 Å². The molecular formula is C25H26F3N7O3. The lowest BCUT2D eigenvalue weighted by Crippen LogP contribution is -2.37. The number of rotatable bonds is 7. The molecule has 1 aliphatic rings. The lowest BCUT2D eigenvalue weighted by molar-refractivity contribution is -0.127. The highest BCUT2D eigenvalue weighted by Crippen LogP contribution is 2.33. The number of nitrogens with zero attached hydrogens (tertiary/aromatic N) is 5. The standard InChI is InChI=1S/C25H26F3N7O3/c1-5-17(36)34-10-13(9-14(34)11-38-4)35-25(30-3)18(24(29)37)16(32-35)8-7-15-19(26)21(28)23-22(20(15)27)31-12-33(23)6-2/h5,12-14,30H,1,6,9-11H2,2-4H3,(H2,29,37)/t13-,14+/m0/s1. The van der Waals surface area contributed by atoms with Gasteiger partial charge in [0.25, 0.3) is 5.91 Å². The maximum Gasteiger partial charge on any atom is 0.255 e. The van der Waals surface area contributed by atoms with Crippen LogP contribution in [0.1, 0.15) is 41.0 Å². The van der Waals surface area contributed by atoms with Gasteiger partial charge in [-0.25, -0.2) is 22.8 Å². The summed E-state index contributed by atoms with van der Waals surface area (Å²) in [5.41, 5.74) is 3.79. The average Bonchev–Trinajstić information content (AvgIpc) is 3.61. The Morgan fingerprint density at radius 1 is 1.29 bits per heavy atom. The first-order chi connectivity index (χ1) is 18.2. The summed E-state index contributed by atoms with van der Waals surface area (Å²) in [6.07, 6.45) is 2.83. The van der Waals surface area contributed by atoms with Crippen molar-refractivity contribution >= 4 is 28.7 Å². The molecule has 38 heavy (non-hydrogen) atoms. The maximum atomic E-state index is 15.1. The van der Waals surface area contributed by atoms with E-state index in [-0.39, 0.29) is 59.8 Å². The number of nitrogens with one attached hydrogen (secondary N) is 1. The SMILES string of the molecule is C=CC(=O)N1C[C@@H](n2nc(C#Cc3c(F)c(F)c4c(ncn4CC)c3F)c(C(N)=O)c2NC)C[C@@H]1COC. The Morgan fingerprint density at radius 3 is 2.63 bits per heavy atom. The highest BCUT2D eigenvalue weighted by Gasteiger charge is 2.38. The van der Waals surface area contributed by atoms with Crippen molar-refractivity contribution in [3.05, 3.63) is 53.3 Å². The van der Waals surface area contributed by atoms with Gasteiger partial charge in [-0.05, 0) is 25.3 Å². The summed E-state index contributed by atoms with van der Waals surface area (Å²) in [5, 5.41) is 7.26. The van der Waals surface area contributed by atoms with Gasteiger partial charge in [0.2, 0.25) is 5.91 Å². The molecule has 3 N–H and O–H groups in total. The van der Waals surface area contributed by atoms with Crippen LogP contribution in [0.5, 0.6) is 0 Å². The zero-order valence-electron chi connectivity index (χ0n) is 21.0. The number of anilines is 1. The van der Waals surface area contributed by atoms with Crippen LogP contribution in [-0.2, 0) is 16.1 Å². The number of halogens is 3. The second-order valence-corrected chi connectivity index (χ2v) is 8.62. The van der Waals surface area contributed by atoms with Crippen LogP contribution in [0, 0.1) is 29.3 Å². The van der Waals surface area contributed by atoms with Crippen LogP contribution in [0.4, 0.5) is 19.0 Å². The third-order valence-corrected chi connectivity index (χ3v) is 6.48. The number of nitrogens with two attached hydrogens (primary N) is 1. The fourth-order valence-corrected chi connectivity index (χ4v) is 4.74. The van der Waals surface area contributed by atoms with Crippen LogP contribution in [0.3, 0.4) is 0 Å². The Kier molecular flexibility index (Phi) is 7.45. The van der Waals surface area contributed by atoms with E-state index in [1.54, 1.807) is 11.8 Å². The van der Waals surface area contributed by atoms with Crippen LogP contribution in [0.2, 0.25) is 0 Å². The van der Waals surface area contributed by atoms with E-state index in [1.807, 2.05) is 0 Å². The molecule has 0 spiro atoms. The molecule has 1 saturated heterocycles. The molecule has 10 nitrogen and oxygen atoms in total. The Morgan fingerprint density at radius 2 is 2.03 bits per heavy atom. The van der Waals surface area contributed by atoms with E-state index < -0.39 is 35.0 Å². The molecular weight excluding hydrogens is 503 g/mol. The summed E-state index contributed by atoms with van der Waals surface area (Å²) < 4.78 is 52.7. The highest BCUT2D eigenvalue weighted by atomic mass is 19.2. The fourth-order valence-electron chi connectivity index (χ4n) is 4.74. The van der Waals surface area contributed by atoms with Crippen LogP contribution in [0.25, 0.3) is 11.0 Å². The number of benzene rings is 1. The van der Waals surface area contributed by atoms with E-state index in [0.29, 0.717) is 6.42 Å². The van der Waals surface area contributed by atoms with Crippen LogP contribution in [-0.4, -0.2) is 69.4 Å². The predicted octanol–water partition coefficient (Wildman–Crippen LogP) is 2.18. The van der Waals surface area contributed by atoms with Gasteiger partial charge >= 0.3 is 0 Å². The topological polar surface area (TPSA) is 120 Å². The van der Waals surface area contributed by atoms with Gasteiger partial charge < -0.3 is 25.3 Å². The van der Waals surface area contributed by atoms with Crippen molar-refractivity contribution in [2.75, 3.05) is 32.6 Å². The molecule has 13 heteroatoms. The third kappa shape index (κ3) is 4.37. The van der Waals surface area contributed by atoms with Crippen molar-refractivity contribution in [1.29, 1.82) is 0 Å². The number of carbonyl (C=O) groups is 2. The van der Waals surface area contributed by atoms with Gasteiger partial charge in [0.05, 0.1) is 25.0 Å². The minimum atomic E-state index is -1.48. The number of amides is 2. The molecule has 1 aliphatic heterocycles. The van der Waals surface area contributed by atoms with Crippen LogP contribution < -0.4 is 11.1 Å². The van der Waals surface area contributed by atoms with Gasteiger partial charge in [-0.1, -0.05) is 12.5 Å². The first-order valence-electron chi connectivity index (χ1n) is 11.7. The quantitative estimate of drug-likeness (QED) is 0.275. The number of hydrogen-bond acceptors (Lipinski definition) is 6. The zero-order valence-corrected chi connectivity index (χ0v) is 21.0. The van der Waals surface area contributed by atoms with E-state index in [1.165, 1.54) is 35.8 Å². The number of methoxy groups -OCH3 is 1. The number of likely N-dealkylation sites (tertiary alicyclic amines) is 1. The minimum Gasteiger partial charge on any atom is -0.383 e. The van der Waals surface area contributed by atoms with E-state index in [0.717, 1.165) is 0 Å². The molecule has 4 rings (SSSR count). The summed E-state index contributed by atoms with van der Waals surface area (Å²) in [4.78, 5) is 30.2. The Bertz CT molecular complexity index is 1500. The van der Waals surface area contributed by atoms with E-state index in [9.17, 15) is 18.4 Å². The number of ether oxygens (including phenoxy) is 1. The van der Waals surface area contributed by atoms with Crippen molar-refractivity contribution in [3.63, 3.8) is 0 Å². The lowest BCUT2D eigenvalue weighted by atomic mass is 10.1. The number of fused-ring (bicyclic) bond motifs is 1. The minimum absolute atomic E-state index is 0.116. The Labute approximate surface area is 216 Å². The molecule has 2 atom stereocenters. The molecule has 0 bridgehead atoms. The summed E-state index contributed by atoms with van der Waals surface area (Å²) >= 11 is 0. The summed E-state index contributed by atoms with van der Waals surface area (Å²) in [5.74, 6) is -0.127. The van der Waals surface area contributed by atoms with Gasteiger partial charge in [0.1, 0.15) is 28.0 Å². The second-order valence-electron chi connectivity index (χ2n) is 8.62. The van der Waals surface area contributed by atoms with Crippen molar-refractivity contribution < 1.29 is 27.5 Å². The Balaban J connectivity index is 1.81. The monoisotopic (exact) mass is 529 g/mol. The highest BCUT2D eigenvalue weighted by molar-refractivity contribution is 6.00. The van der Waals surface area contributed by atoms with Gasteiger partial charge in [-0.3, -0.25) is 9.59 Å². The van der Waals surface area contributed by atoms with Gasteiger partial charge in [0, 0.05) is 27.2 Å². The molecule has 3 aromatic rings. The summed E-state index contributed by atoms with van der Waals surface area (Å²) in [6.45, 7) is 5.96. The predicted molar refractivity (Wildman–Crippen MR) is 133 cm³/mol. The van der Waals surface area contributed by atoms with Crippen LogP contribution >= 0.6 is 0 Å². The maximum absolute atomic E-state index is 15.1. The molecule has 0 unspecified atom stereocenters. The van der Waals surface area contributed by atoms with E-state index >= 15 is 4.39 Å². The number of aromatic nitrogens is 4. The molecule has 3 heterocycles. The molecule has 0 saturated carbocycles. The Hall–Kier alpha value is -4.31. The van der Waals surface area contributed by atoms with Gasteiger partial charge in [-0.2, -0.15) is 5.10 Å². The van der Waals surface area contributed by atoms with Gasteiger partial charge in [0.15, 0.2) is 23.1 Å². The van der Waals surface area contributed by atoms with Crippen LogP contribution in [0.15, 0.2) is 19.0 Å². The molecule has 2 aromatic heterocycles. The first kappa shape index (κ1) is 26.7. The van der Waals surface area contributed by atoms with E-state index in [2.05, 4.69) is 33.8 Å². The number of imidazole rings is 1. The third-order valence-electron chi connectivity index (χ3n) is 6.48. The molecule has 1 fully saturated rings. The fraction of sp³-hybridized carbons (Fsp3) is 0.360. The molecule has 200 valence electrons. The summed E-state index contributed by atoms with van der Waals surface area (Å²) in [7, 11) is 3.05. The molecule has 1 aromatic carbocycles. The number of hydrogen-bond donors (Lipinski definition) is 2. The first-order valence-corrected chi connectivity index (χ1v) is 11.7. The molecule has 0 aliphatic carbocycles. The number of carbonyl (C=O) groups excluding carboxylic acids is 2. The average molecular weight is 530 g/mol. The number of aryl methyl sites for hydroxylation is 1. The van der Waals surface area contributed by atoms with Crippen molar-refractivity contribution in [2.24, 2.45) is 5.73 Å².